The number of piperidine rings is 4. The molecule has 748 valence electrons. The molecule has 16 aromatic rings. The van der Waals surface area contributed by atoms with Gasteiger partial charge >= 0.3 is 0 Å². The third-order valence-electron chi connectivity index (χ3n) is 29.5. The van der Waals surface area contributed by atoms with Gasteiger partial charge in [-0.25, -0.2) is 4.85 Å². The largest absolute Gasteiger partial charge is 0.495 e. The SMILES string of the molecule is Cc1c(C(=O)CN2CCCC2)c2ccccc2n1-c1ccc(Cl)cc1.Cc1c(C(=O)CN2CCCCC2)c2ccc(CN3C(=O)c4ccccc4C3=O)cc2n1-c1ccc(Cl)cc1.Cc1ccc2c(c1)c(C(=O)CN1CCCCC1)c(C)n2-c1ccc(Cl)cc1.Cc1ccc2c(c1)c(C(=O)CN1CCCCC1)c(C)n2-c1ccc(Cl)cc1.[C-]#[N+]c1ccc(-n2c(C)c(C(=O)CN3CCCCC3)c3cccc(OC)c32)cc1. The van der Waals surface area contributed by atoms with Crippen molar-refractivity contribution in [2.45, 2.75) is 145 Å². The molecule has 0 unspecified atom stereocenters. The smallest absolute Gasteiger partial charge is 0.261 e. The summed E-state index contributed by atoms with van der Waals surface area (Å²) in [5.74, 6) is 1.07. The number of likely N-dealkylation sites (tertiary alicyclic amines) is 5. The van der Waals surface area contributed by atoms with Crippen LogP contribution < -0.4 is 4.74 Å². The Balaban J connectivity index is 0.000000121. The molecule has 11 aromatic carbocycles. The van der Waals surface area contributed by atoms with Crippen molar-refractivity contribution in [2.75, 3.05) is 105 Å². The number of aromatic nitrogens is 5. The number of aryl methyl sites for hydroxylation is 2. The molecule has 5 saturated heterocycles. The van der Waals surface area contributed by atoms with Crippen LogP contribution in [0.1, 0.15) is 208 Å². The monoisotopic (exact) mass is 2020 g/mol. The molecular formula is C122H124Cl4N12O8. The van der Waals surface area contributed by atoms with Gasteiger partial charge in [-0.1, -0.05) is 162 Å². The molecule has 24 heteroatoms. The molecule has 0 N–H and O–H groups in total. The van der Waals surface area contributed by atoms with E-state index in [1.807, 2.05) is 198 Å². The number of hydrogen-bond donors (Lipinski definition) is 0. The molecule has 2 amide bonds. The van der Waals surface area contributed by atoms with Gasteiger partial charge in [0, 0.05) is 132 Å². The first kappa shape index (κ1) is 103. The Morgan fingerprint density at radius 1 is 0.301 bits per heavy atom. The first-order valence-corrected chi connectivity index (χ1v) is 52.7. The van der Waals surface area contributed by atoms with Crippen LogP contribution in [0.5, 0.6) is 5.75 Å². The third-order valence-corrected chi connectivity index (χ3v) is 30.5. The third kappa shape index (κ3) is 22.3. The van der Waals surface area contributed by atoms with Crippen LogP contribution in [-0.2, 0) is 6.54 Å². The maximum atomic E-state index is 13.6. The number of benzene rings is 11. The molecule has 20 nitrogen and oxygen atoms in total. The maximum absolute atomic E-state index is 13.6. The fourth-order valence-electron chi connectivity index (χ4n) is 22.4. The second-order valence-corrected chi connectivity index (χ2v) is 41.2. The lowest BCUT2D eigenvalue weighted by atomic mass is 10.0. The molecule has 146 heavy (non-hydrogen) atoms. The summed E-state index contributed by atoms with van der Waals surface area (Å²) in [5, 5.41) is 7.67. The summed E-state index contributed by atoms with van der Waals surface area (Å²) < 4.78 is 16.3. The lowest BCUT2D eigenvalue weighted by Crippen LogP contribution is -2.34. The van der Waals surface area contributed by atoms with Gasteiger partial charge in [0.05, 0.1) is 91.7 Å². The zero-order valence-electron chi connectivity index (χ0n) is 84.5. The van der Waals surface area contributed by atoms with E-state index in [4.69, 9.17) is 57.7 Å². The number of methoxy groups -OCH3 is 1. The van der Waals surface area contributed by atoms with E-state index in [2.05, 4.69) is 108 Å². The van der Waals surface area contributed by atoms with Gasteiger partial charge < -0.3 is 27.6 Å². The van der Waals surface area contributed by atoms with Crippen LogP contribution in [0.25, 0.3) is 87.8 Å². The molecule has 0 atom stereocenters. The van der Waals surface area contributed by atoms with Gasteiger partial charge in [0.25, 0.3) is 11.8 Å². The Morgan fingerprint density at radius 2 is 0.596 bits per heavy atom. The topological polar surface area (TPSA) is 177 Å². The molecule has 5 fully saturated rings. The predicted octanol–water partition coefficient (Wildman–Crippen LogP) is 27.2. The van der Waals surface area contributed by atoms with Crippen LogP contribution in [0, 0.1) is 55.0 Å². The van der Waals surface area contributed by atoms with Crippen molar-refractivity contribution in [1.82, 2.24) is 52.2 Å². The summed E-state index contributed by atoms with van der Waals surface area (Å²) >= 11 is 24.4. The molecule has 0 bridgehead atoms. The number of amides is 2. The minimum atomic E-state index is -0.285. The molecular weight excluding hydrogens is 1900 g/mol. The van der Waals surface area contributed by atoms with Crippen LogP contribution in [0.2, 0.25) is 20.1 Å². The molecule has 5 aromatic heterocycles. The molecule has 6 aliphatic rings. The van der Waals surface area contributed by atoms with Gasteiger partial charge in [-0.3, -0.25) is 63.0 Å². The molecule has 6 aliphatic heterocycles. The van der Waals surface area contributed by atoms with Gasteiger partial charge in [0.2, 0.25) is 0 Å². The summed E-state index contributed by atoms with van der Waals surface area (Å²) in [6, 6.07) is 77.8. The van der Waals surface area contributed by atoms with E-state index in [0.29, 0.717) is 75.2 Å². The Labute approximate surface area is 874 Å². The van der Waals surface area contributed by atoms with Crippen molar-refractivity contribution in [1.29, 1.82) is 0 Å². The molecule has 11 heterocycles. The number of Topliss-reactive ketones (excluding diaryl/α,β-unsaturated/α-hetero) is 5. The van der Waals surface area contributed by atoms with Gasteiger partial charge in [-0.05, 0) is 347 Å². The van der Waals surface area contributed by atoms with E-state index in [-0.39, 0.29) is 47.3 Å². The number of fused-ring (bicyclic) bond motifs is 6. The normalized spacial score (nSPS) is 15.3. The number of rotatable bonds is 23. The Morgan fingerprint density at radius 3 is 0.959 bits per heavy atom. The standard InChI is InChI=1S/C31H28ClN3O3.C24H25N3O2.2C23H25ClN2O.C21H21ClN2O/c1-20-29(28(36)19-33-15-5-2-6-16-33)26-14-9-21(17-27(26)35(20)23-12-10-22(32)11-13-23)18-34-30(37)24-7-3-4-8-25(24)31(34)38;1-17-23(21(28)16-26-14-5-4-6-15-26)20-8-7-9-22(29-3)24(20)27(17)19-12-10-18(25-2)11-13-19;2*1-16-6-11-21-20(14-16)23(22(27)15-25-12-4-3-5-13-25)17(2)26(21)19-9-7-18(24)8-10-19;1-15-21(20(25)14-23-12-4-5-13-23)18-6-2-3-7-19(18)24(15)17-10-8-16(22)9-11-17/h3-4,7-14,17H,2,5-6,15-16,18-19H2,1H3;7-13H,4-6,14-16H2,1,3H3;2*6-11,14H,3-5,12-13,15H2,1-2H3;2-3,6-11H,4-5,12-14H2,1H3. The highest BCUT2D eigenvalue weighted by Crippen LogP contribution is 2.41. The minimum absolute atomic E-state index is 0.107. The molecule has 0 spiro atoms. The number of carbonyl (C=O) groups is 7. The van der Waals surface area contributed by atoms with Gasteiger partial charge in [-0.2, -0.15) is 0 Å². The Kier molecular flexibility index (Phi) is 32.6. The fraction of sp³-hybridized carbons (Fsp3) is 0.311. The van der Waals surface area contributed by atoms with Crippen LogP contribution in [0.3, 0.4) is 0 Å². The van der Waals surface area contributed by atoms with Crippen molar-refractivity contribution in [3.63, 3.8) is 0 Å². The molecule has 22 rings (SSSR count). The quantitative estimate of drug-likeness (QED) is 0.0336. The lowest BCUT2D eigenvalue weighted by Gasteiger charge is -2.25. The van der Waals surface area contributed by atoms with Crippen molar-refractivity contribution in [2.24, 2.45) is 0 Å². The summed E-state index contributed by atoms with van der Waals surface area (Å²) in [6.07, 6.45) is 16.8. The first-order chi connectivity index (χ1) is 70.8. The zero-order valence-corrected chi connectivity index (χ0v) is 87.5. The lowest BCUT2D eigenvalue weighted by molar-refractivity contribution is 0.0640. The van der Waals surface area contributed by atoms with E-state index >= 15 is 0 Å². The van der Waals surface area contributed by atoms with Gasteiger partial charge in [0.1, 0.15) is 5.75 Å². The summed E-state index contributed by atoms with van der Waals surface area (Å²) in [5.41, 5.74) is 23.3. The Hall–Kier alpha value is -13.1. The Bertz CT molecular complexity index is 7420. The van der Waals surface area contributed by atoms with Crippen LogP contribution in [0.4, 0.5) is 5.69 Å². The molecule has 0 saturated carbocycles. The van der Waals surface area contributed by atoms with Crippen LogP contribution >= 0.6 is 46.4 Å². The van der Waals surface area contributed by atoms with Gasteiger partial charge in [0.15, 0.2) is 34.6 Å². The van der Waals surface area contributed by atoms with Crippen LogP contribution in [0.15, 0.2) is 243 Å². The van der Waals surface area contributed by atoms with E-state index in [0.717, 1.165) is 236 Å². The van der Waals surface area contributed by atoms with Gasteiger partial charge in [-0.15, -0.1) is 0 Å². The van der Waals surface area contributed by atoms with E-state index < -0.39 is 0 Å². The molecule has 0 aliphatic carbocycles. The highest BCUT2D eigenvalue weighted by atomic mass is 35.5. The number of hydrogen-bond acceptors (Lipinski definition) is 13. The predicted molar refractivity (Wildman–Crippen MR) is 592 cm³/mol. The average molecular weight is 2030 g/mol. The van der Waals surface area contributed by atoms with Crippen molar-refractivity contribution in [3.05, 3.63) is 358 Å². The minimum Gasteiger partial charge on any atom is -0.495 e. The summed E-state index contributed by atoms with van der Waals surface area (Å²) in [4.78, 5) is 109. The number of carbonyl (C=O) groups excluding carboxylic acids is 7. The van der Waals surface area contributed by atoms with E-state index in [1.165, 1.54) is 80.2 Å². The number of ketones is 5. The zero-order chi connectivity index (χ0) is 102. The maximum Gasteiger partial charge on any atom is 0.261 e. The highest BCUT2D eigenvalue weighted by Gasteiger charge is 2.37. The van der Waals surface area contributed by atoms with E-state index in [1.54, 1.807) is 43.5 Å². The van der Waals surface area contributed by atoms with Crippen LogP contribution in [-0.4, -0.2) is 198 Å². The van der Waals surface area contributed by atoms with E-state index in [9.17, 15) is 33.6 Å². The first-order valence-electron chi connectivity index (χ1n) is 51.2. The van der Waals surface area contributed by atoms with Crippen molar-refractivity contribution in [3.8, 4) is 34.2 Å². The van der Waals surface area contributed by atoms with Crippen molar-refractivity contribution >= 4 is 147 Å². The number of halogens is 4. The molecule has 0 radical (unpaired) electrons. The average Bonchev–Trinajstić information content (AvgIpc) is 1.59. The number of ether oxygens (including phenoxy) is 1. The second kappa shape index (κ2) is 46.3. The highest BCUT2D eigenvalue weighted by molar-refractivity contribution is 6.32. The number of nitrogens with zero attached hydrogens (tertiary/aromatic N) is 12. The summed E-state index contributed by atoms with van der Waals surface area (Å²) in [6.45, 7) is 34.0. The van der Waals surface area contributed by atoms with Crippen molar-refractivity contribution < 1.29 is 38.3 Å². The summed E-state index contributed by atoms with van der Waals surface area (Å²) in [7, 11) is 1.65. The second-order valence-electron chi connectivity index (χ2n) is 39.5. The fourth-order valence-corrected chi connectivity index (χ4v) is 22.9. The number of imide groups is 1. The number of para-hydroxylation sites is 2.